The maximum Gasteiger partial charge on any atom is 0.272 e. The van der Waals surface area contributed by atoms with Gasteiger partial charge in [0.25, 0.3) is 11.8 Å². The molecule has 0 aromatic heterocycles. The molecule has 0 aliphatic rings. The molecule has 5 aromatic rings. The summed E-state index contributed by atoms with van der Waals surface area (Å²) < 4.78 is 5.53. The summed E-state index contributed by atoms with van der Waals surface area (Å²) in [7, 11) is 0. The Kier molecular flexibility index (Phi) is 11.5. The van der Waals surface area contributed by atoms with E-state index in [1.165, 1.54) is 11.8 Å². The third kappa shape index (κ3) is 9.24. The van der Waals surface area contributed by atoms with Crippen molar-refractivity contribution in [2.24, 2.45) is 0 Å². The zero-order valence-corrected chi connectivity index (χ0v) is 27.8. The smallest absolute Gasteiger partial charge is 0.272 e. The van der Waals surface area contributed by atoms with Crippen molar-refractivity contribution in [3.05, 3.63) is 161 Å². The predicted octanol–water partition coefficient (Wildman–Crippen LogP) is 8.58. The van der Waals surface area contributed by atoms with Crippen molar-refractivity contribution < 1.29 is 19.1 Å². The van der Waals surface area contributed by atoms with E-state index < -0.39 is 17.1 Å². The fourth-order valence-corrected chi connectivity index (χ4v) is 5.84. The number of thioether (sulfide) groups is 1. The van der Waals surface area contributed by atoms with Gasteiger partial charge in [-0.2, -0.15) is 0 Å². The van der Waals surface area contributed by atoms with Gasteiger partial charge in [-0.3, -0.25) is 14.4 Å². The number of benzene rings is 5. The van der Waals surface area contributed by atoms with E-state index in [1.54, 1.807) is 42.5 Å². The molecular formula is C40H37N3O4S. The van der Waals surface area contributed by atoms with Gasteiger partial charge in [-0.05, 0) is 110 Å². The topological polar surface area (TPSA) is 96.5 Å². The minimum Gasteiger partial charge on any atom is -0.494 e. The largest absolute Gasteiger partial charge is 0.494 e. The van der Waals surface area contributed by atoms with Crippen LogP contribution < -0.4 is 20.7 Å². The van der Waals surface area contributed by atoms with Gasteiger partial charge in [0.1, 0.15) is 16.7 Å². The quantitative estimate of drug-likeness (QED) is 0.0924. The van der Waals surface area contributed by atoms with E-state index >= 15 is 0 Å². The molecule has 0 heterocycles. The lowest BCUT2D eigenvalue weighted by molar-refractivity contribution is -0.116. The molecule has 0 fully saturated rings. The molecule has 48 heavy (non-hydrogen) atoms. The number of aryl methyl sites for hydroxylation is 2. The molecule has 0 spiro atoms. The summed E-state index contributed by atoms with van der Waals surface area (Å²) in [6, 6.07) is 38.7. The maximum atomic E-state index is 13.6. The normalized spacial score (nSPS) is 11.7. The highest BCUT2D eigenvalue weighted by atomic mass is 32.2. The summed E-state index contributed by atoms with van der Waals surface area (Å²) in [4.78, 5) is 41.0. The Morgan fingerprint density at radius 1 is 0.729 bits per heavy atom. The molecule has 1 unspecified atom stereocenters. The van der Waals surface area contributed by atoms with Crippen LogP contribution in [0.5, 0.6) is 5.75 Å². The van der Waals surface area contributed by atoms with Crippen molar-refractivity contribution in [3.63, 3.8) is 0 Å². The van der Waals surface area contributed by atoms with Gasteiger partial charge in [0.05, 0.1) is 6.61 Å². The fourth-order valence-electron chi connectivity index (χ4n) is 4.82. The van der Waals surface area contributed by atoms with Crippen LogP contribution in [0.1, 0.15) is 44.8 Å². The van der Waals surface area contributed by atoms with Crippen LogP contribution in [0.4, 0.5) is 11.4 Å². The molecule has 0 saturated carbocycles. The van der Waals surface area contributed by atoms with Crippen LogP contribution in [0.25, 0.3) is 6.08 Å². The molecular weight excluding hydrogens is 619 g/mol. The summed E-state index contributed by atoms with van der Waals surface area (Å²) >= 11 is 1.42. The van der Waals surface area contributed by atoms with Gasteiger partial charge >= 0.3 is 0 Å². The van der Waals surface area contributed by atoms with Crippen LogP contribution in [0.2, 0.25) is 0 Å². The number of carbonyl (C=O) groups is 3. The summed E-state index contributed by atoms with van der Waals surface area (Å²) in [6.45, 7) is 6.51. The van der Waals surface area contributed by atoms with E-state index in [1.807, 2.05) is 112 Å². The molecule has 3 N–H and O–H groups in total. The lowest BCUT2D eigenvalue weighted by atomic mass is 10.1. The number of hydrogen-bond donors (Lipinski definition) is 3. The maximum absolute atomic E-state index is 13.6. The number of nitrogens with one attached hydrogen (secondary N) is 3. The van der Waals surface area contributed by atoms with E-state index in [9.17, 15) is 14.4 Å². The molecule has 8 heteroatoms. The third-order valence-corrected chi connectivity index (χ3v) is 8.78. The molecule has 5 rings (SSSR count). The highest BCUT2D eigenvalue weighted by Crippen LogP contribution is 2.37. The molecule has 5 aromatic carbocycles. The number of ether oxygens (including phenoxy) is 1. The average Bonchev–Trinajstić information content (AvgIpc) is 3.10. The lowest BCUT2D eigenvalue weighted by Gasteiger charge is -2.18. The third-order valence-electron chi connectivity index (χ3n) is 7.51. The van der Waals surface area contributed by atoms with Crippen LogP contribution in [0.15, 0.2) is 138 Å². The van der Waals surface area contributed by atoms with E-state index in [-0.39, 0.29) is 11.6 Å². The summed E-state index contributed by atoms with van der Waals surface area (Å²) in [5, 5.41) is 8.22. The second-order valence-corrected chi connectivity index (χ2v) is 12.2. The first-order chi connectivity index (χ1) is 23.3. The average molecular weight is 656 g/mol. The predicted molar refractivity (Wildman–Crippen MR) is 194 cm³/mol. The van der Waals surface area contributed by atoms with E-state index in [0.717, 1.165) is 32.8 Å². The van der Waals surface area contributed by atoms with Gasteiger partial charge in [0, 0.05) is 21.8 Å². The number of rotatable bonds is 12. The van der Waals surface area contributed by atoms with Gasteiger partial charge in [-0.25, -0.2) is 0 Å². The molecule has 1 atom stereocenters. The number of carbonyl (C=O) groups excluding carboxylic acids is 3. The zero-order chi connectivity index (χ0) is 33.9. The molecule has 0 aliphatic heterocycles. The SMILES string of the molecule is CCOc1ccc(/C=C(\NC(=O)c2ccccc2)C(=O)Nc2ccc(SC(C(=O)Nc3ccc(C)c(C)c3)c3ccccc3)cc2)cc1. The molecule has 7 nitrogen and oxygen atoms in total. The van der Waals surface area contributed by atoms with Crippen molar-refractivity contribution in [2.45, 2.75) is 30.9 Å². The second-order valence-electron chi connectivity index (χ2n) is 11.1. The Morgan fingerprint density at radius 2 is 1.38 bits per heavy atom. The second kappa shape index (κ2) is 16.3. The Morgan fingerprint density at radius 3 is 2.02 bits per heavy atom. The first-order valence-electron chi connectivity index (χ1n) is 15.6. The van der Waals surface area contributed by atoms with Crippen molar-refractivity contribution in [3.8, 4) is 5.75 Å². The molecule has 0 radical (unpaired) electrons. The van der Waals surface area contributed by atoms with Gasteiger partial charge in [-0.15, -0.1) is 11.8 Å². The summed E-state index contributed by atoms with van der Waals surface area (Å²) in [5.41, 5.74) is 5.65. The standard InChI is InChI=1S/C40H37N3O4S/c1-4-47-34-21-16-29(17-22-34)26-36(43-38(44)31-13-9-6-10-14-31)39(45)41-32-19-23-35(24-20-32)48-37(30-11-7-5-8-12-30)40(46)42-33-18-15-27(2)28(3)25-33/h5-26,37H,4H2,1-3H3,(H,41,45)(H,42,46)(H,43,44)/b36-26-. The Balaban J connectivity index is 1.32. The Bertz CT molecular complexity index is 1890. The van der Waals surface area contributed by atoms with Crippen LogP contribution in [0.3, 0.4) is 0 Å². The fraction of sp³-hybridized carbons (Fsp3) is 0.125. The molecule has 0 saturated heterocycles. The van der Waals surface area contributed by atoms with Gasteiger partial charge in [0.2, 0.25) is 5.91 Å². The first-order valence-corrected chi connectivity index (χ1v) is 16.5. The zero-order valence-electron chi connectivity index (χ0n) is 27.0. The van der Waals surface area contributed by atoms with E-state index in [2.05, 4.69) is 16.0 Å². The lowest BCUT2D eigenvalue weighted by Crippen LogP contribution is -2.30. The minimum absolute atomic E-state index is 0.0821. The monoisotopic (exact) mass is 655 g/mol. The highest BCUT2D eigenvalue weighted by molar-refractivity contribution is 8.00. The highest BCUT2D eigenvalue weighted by Gasteiger charge is 2.23. The molecule has 0 bridgehead atoms. The van der Waals surface area contributed by atoms with E-state index in [0.29, 0.717) is 23.6 Å². The van der Waals surface area contributed by atoms with Gasteiger partial charge in [0.15, 0.2) is 0 Å². The van der Waals surface area contributed by atoms with Crippen molar-refractivity contribution in [1.29, 1.82) is 0 Å². The van der Waals surface area contributed by atoms with Crippen molar-refractivity contribution in [1.82, 2.24) is 5.32 Å². The van der Waals surface area contributed by atoms with Crippen LogP contribution in [0, 0.1) is 13.8 Å². The van der Waals surface area contributed by atoms with Crippen LogP contribution in [-0.2, 0) is 9.59 Å². The molecule has 242 valence electrons. The van der Waals surface area contributed by atoms with Gasteiger partial charge in [-0.1, -0.05) is 66.7 Å². The van der Waals surface area contributed by atoms with Crippen LogP contribution >= 0.6 is 11.8 Å². The first kappa shape index (κ1) is 33.8. The number of amides is 3. The number of hydrogen-bond acceptors (Lipinski definition) is 5. The molecule has 3 amide bonds. The van der Waals surface area contributed by atoms with Crippen molar-refractivity contribution >= 4 is 46.9 Å². The van der Waals surface area contributed by atoms with Crippen molar-refractivity contribution in [2.75, 3.05) is 17.2 Å². The van der Waals surface area contributed by atoms with E-state index in [4.69, 9.17) is 4.74 Å². The van der Waals surface area contributed by atoms with Crippen LogP contribution in [-0.4, -0.2) is 24.3 Å². The Hall–Kier alpha value is -5.60. The van der Waals surface area contributed by atoms with Gasteiger partial charge < -0.3 is 20.7 Å². The Labute approximate surface area is 285 Å². The number of anilines is 2. The molecule has 0 aliphatic carbocycles. The summed E-state index contributed by atoms with van der Waals surface area (Å²) in [5.74, 6) is -0.307. The summed E-state index contributed by atoms with van der Waals surface area (Å²) in [6.07, 6.45) is 1.62. The minimum atomic E-state index is -0.509.